The van der Waals surface area contributed by atoms with Gasteiger partial charge in [-0.05, 0) is 23.6 Å². The minimum absolute atomic E-state index is 0.0421. The normalized spacial score (nSPS) is 15.3. The maximum absolute atomic E-state index is 13.5. The Hall–Kier alpha value is -2.25. The standard InChI is InChI=1S/C17H18FN3O2S/c18-13-4-1-2-5-14(13)19-16(22)12-20-7-9-21(10-8-20)17(23)15-6-3-11-24-15/h1-6,11H,7-10,12H2,(H,19,22). The Morgan fingerprint density at radius 2 is 1.83 bits per heavy atom. The van der Waals surface area contributed by atoms with Crippen LogP contribution in [0.5, 0.6) is 0 Å². The fourth-order valence-corrected chi connectivity index (χ4v) is 3.31. The van der Waals surface area contributed by atoms with Gasteiger partial charge >= 0.3 is 0 Å². The van der Waals surface area contributed by atoms with Gasteiger partial charge in [-0.1, -0.05) is 18.2 Å². The van der Waals surface area contributed by atoms with Crippen LogP contribution in [0.1, 0.15) is 9.67 Å². The average Bonchev–Trinajstić information content (AvgIpc) is 3.11. The molecule has 7 heteroatoms. The van der Waals surface area contributed by atoms with Crippen LogP contribution in [0.2, 0.25) is 0 Å². The van der Waals surface area contributed by atoms with Crippen LogP contribution >= 0.6 is 11.3 Å². The van der Waals surface area contributed by atoms with E-state index in [0.717, 1.165) is 4.88 Å². The molecule has 2 aromatic rings. The number of halogens is 1. The number of nitrogens with one attached hydrogen (secondary N) is 1. The van der Waals surface area contributed by atoms with Crippen molar-refractivity contribution in [3.05, 3.63) is 52.5 Å². The van der Waals surface area contributed by atoms with Crippen LogP contribution in [-0.4, -0.2) is 54.3 Å². The van der Waals surface area contributed by atoms with Gasteiger partial charge in [0.05, 0.1) is 17.1 Å². The van der Waals surface area contributed by atoms with Crippen molar-refractivity contribution >= 4 is 28.8 Å². The van der Waals surface area contributed by atoms with E-state index in [4.69, 9.17) is 0 Å². The highest BCUT2D eigenvalue weighted by molar-refractivity contribution is 7.12. The Morgan fingerprint density at radius 1 is 1.08 bits per heavy atom. The van der Waals surface area contributed by atoms with Crippen molar-refractivity contribution in [2.24, 2.45) is 0 Å². The first-order valence-electron chi connectivity index (χ1n) is 7.73. The number of carbonyl (C=O) groups is 2. The van der Waals surface area contributed by atoms with E-state index < -0.39 is 5.82 Å². The summed E-state index contributed by atoms with van der Waals surface area (Å²) in [6.45, 7) is 2.62. The molecule has 1 aliphatic heterocycles. The molecular weight excluding hydrogens is 329 g/mol. The van der Waals surface area contributed by atoms with Crippen LogP contribution in [0.4, 0.5) is 10.1 Å². The Balaban J connectivity index is 1.48. The first-order chi connectivity index (χ1) is 11.6. The van der Waals surface area contributed by atoms with Gasteiger partial charge in [-0.3, -0.25) is 14.5 Å². The number of carbonyl (C=O) groups excluding carboxylic acids is 2. The molecule has 0 radical (unpaired) electrons. The van der Waals surface area contributed by atoms with E-state index in [1.54, 1.807) is 17.0 Å². The number of hydrogen-bond acceptors (Lipinski definition) is 4. The van der Waals surface area contributed by atoms with Crippen LogP contribution < -0.4 is 5.32 Å². The number of amides is 2. The van der Waals surface area contributed by atoms with Gasteiger partial charge in [0.25, 0.3) is 5.91 Å². The lowest BCUT2D eigenvalue weighted by Crippen LogP contribution is -2.50. The molecule has 0 unspecified atom stereocenters. The predicted octanol–water partition coefficient (Wildman–Crippen LogP) is 2.28. The highest BCUT2D eigenvalue weighted by atomic mass is 32.1. The summed E-state index contributed by atoms with van der Waals surface area (Å²) in [5, 5.41) is 4.46. The summed E-state index contributed by atoms with van der Waals surface area (Å²) >= 11 is 1.43. The molecule has 1 fully saturated rings. The molecule has 0 atom stereocenters. The van der Waals surface area contributed by atoms with E-state index >= 15 is 0 Å². The van der Waals surface area contributed by atoms with Crippen LogP contribution in [0.3, 0.4) is 0 Å². The van der Waals surface area contributed by atoms with Crippen molar-refractivity contribution in [2.45, 2.75) is 0 Å². The molecule has 3 rings (SSSR count). The number of nitrogens with zero attached hydrogens (tertiary/aromatic N) is 2. The number of thiophene rings is 1. The summed E-state index contributed by atoms with van der Waals surface area (Å²) in [6, 6.07) is 9.78. The van der Waals surface area contributed by atoms with E-state index in [9.17, 15) is 14.0 Å². The van der Waals surface area contributed by atoms with Crippen LogP contribution in [0.15, 0.2) is 41.8 Å². The summed E-state index contributed by atoms with van der Waals surface area (Å²) in [7, 11) is 0. The Kier molecular flexibility index (Phi) is 5.22. The van der Waals surface area contributed by atoms with Crippen molar-refractivity contribution in [3.63, 3.8) is 0 Å². The first-order valence-corrected chi connectivity index (χ1v) is 8.61. The molecule has 0 bridgehead atoms. The summed E-state index contributed by atoms with van der Waals surface area (Å²) in [6.07, 6.45) is 0. The van der Waals surface area contributed by atoms with Crippen molar-refractivity contribution < 1.29 is 14.0 Å². The van der Waals surface area contributed by atoms with Crippen molar-refractivity contribution in [1.82, 2.24) is 9.80 Å². The zero-order valence-corrected chi connectivity index (χ0v) is 13.9. The zero-order chi connectivity index (χ0) is 16.9. The molecule has 1 aromatic carbocycles. The van der Waals surface area contributed by atoms with Gasteiger partial charge in [0.1, 0.15) is 5.82 Å². The summed E-state index contributed by atoms with van der Waals surface area (Å²) in [4.78, 5) is 28.8. The molecule has 1 aromatic heterocycles. The van der Waals surface area contributed by atoms with Gasteiger partial charge in [0.15, 0.2) is 0 Å². The predicted molar refractivity (Wildman–Crippen MR) is 91.7 cm³/mol. The number of benzene rings is 1. The summed E-state index contributed by atoms with van der Waals surface area (Å²) in [5.41, 5.74) is 0.189. The van der Waals surface area contributed by atoms with Gasteiger partial charge in [-0.25, -0.2) is 4.39 Å². The number of rotatable bonds is 4. The van der Waals surface area contributed by atoms with Crippen molar-refractivity contribution in [1.29, 1.82) is 0 Å². The Bertz CT molecular complexity index is 712. The molecule has 1 N–H and O–H groups in total. The number of hydrogen-bond donors (Lipinski definition) is 1. The second-order valence-electron chi connectivity index (χ2n) is 5.57. The first kappa shape index (κ1) is 16.6. The second kappa shape index (κ2) is 7.55. The molecule has 126 valence electrons. The van der Waals surface area contributed by atoms with Crippen molar-refractivity contribution in [3.8, 4) is 0 Å². The molecule has 0 aliphatic carbocycles. The smallest absolute Gasteiger partial charge is 0.264 e. The lowest BCUT2D eigenvalue weighted by atomic mass is 10.2. The van der Waals surface area contributed by atoms with E-state index in [1.165, 1.54) is 23.5 Å². The number of para-hydroxylation sites is 1. The Labute approximate surface area is 143 Å². The van der Waals surface area contributed by atoms with Crippen molar-refractivity contribution in [2.75, 3.05) is 38.0 Å². The largest absolute Gasteiger partial charge is 0.335 e. The molecule has 2 heterocycles. The number of anilines is 1. The number of piperazine rings is 1. The van der Waals surface area contributed by atoms with Gasteiger partial charge in [-0.2, -0.15) is 0 Å². The van der Waals surface area contributed by atoms with Crippen LogP contribution in [0.25, 0.3) is 0 Å². The maximum Gasteiger partial charge on any atom is 0.264 e. The molecular formula is C17H18FN3O2S. The highest BCUT2D eigenvalue weighted by Crippen LogP contribution is 2.15. The lowest BCUT2D eigenvalue weighted by molar-refractivity contribution is -0.117. The summed E-state index contributed by atoms with van der Waals surface area (Å²) in [5.74, 6) is -0.657. The average molecular weight is 347 g/mol. The minimum atomic E-state index is -0.447. The lowest BCUT2D eigenvalue weighted by Gasteiger charge is -2.34. The van der Waals surface area contributed by atoms with Gasteiger partial charge in [-0.15, -0.1) is 11.3 Å². The zero-order valence-electron chi connectivity index (χ0n) is 13.1. The van der Waals surface area contributed by atoms with Gasteiger partial charge in [0, 0.05) is 26.2 Å². The molecule has 24 heavy (non-hydrogen) atoms. The molecule has 2 amide bonds. The molecule has 5 nitrogen and oxygen atoms in total. The third-order valence-electron chi connectivity index (χ3n) is 3.91. The SMILES string of the molecule is O=C(CN1CCN(C(=O)c2cccs2)CC1)Nc1ccccc1F. The summed E-state index contributed by atoms with van der Waals surface area (Å²) < 4.78 is 13.5. The monoisotopic (exact) mass is 347 g/mol. The molecule has 0 spiro atoms. The van der Waals surface area contributed by atoms with Crippen LogP contribution in [-0.2, 0) is 4.79 Å². The minimum Gasteiger partial charge on any atom is -0.335 e. The van der Waals surface area contributed by atoms with E-state index in [-0.39, 0.29) is 24.0 Å². The third kappa shape index (κ3) is 3.98. The highest BCUT2D eigenvalue weighted by Gasteiger charge is 2.23. The van der Waals surface area contributed by atoms with E-state index in [1.807, 2.05) is 22.4 Å². The molecule has 1 saturated heterocycles. The second-order valence-corrected chi connectivity index (χ2v) is 6.52. The van der Waals surface area contributed by atoms with E-state index in [0.29, 0.717) is 26.2 Å². The fourth-order valence-electron chi connectivity index (χ4n) is 2.62. The fraction of sp³-hybridized carbons (Fsp3) is 0.294. The van der Waals surface area contributed by atoms with E-state index in [2.05, 4.69) is 5.32 Å². The van der Waals surface area contributed by atoms with Gasteiger partial charge < -0.3 is 10.2 Å². The molecule has 1 aliphatic rings. The third-order valence-corrected chi connectivity index (χ3v) is 4.76. The van der Waals surface area contributed by atoms with Gasteiger partial charge in [0.2, 0.25) is 5.91 Å². The quantitative estimate of drug-likeness (QED) is 0.923. The topological polar surface area (TPSA) is 52.7 Å². The molecule has 0 saturated carbocycles. The van der Waals surface area contributed by atoms with Crippen LogP contribution in [0, 0.1) is 5.82 Å². The maximum atomic E-state index is 13.5. The Morgan fingerprint density at radius 3 is 2.50 bits per heavy atom.